The summed E-state index contributed by atoms with van der Waals surface area (Å²) in [6.07, 6.45) is 4.52. The van der Waals surface area contributed by atoms with Crippen molar-refractivity contribution < 1.29 is 4.74 Å². The Morgan fingerprint density at radius 3 is 2.85 bits per heavy atom. The lowest BCUT2D eigenvalue weighted by atomic mass is 10.0. The average molecular weight is 564 g/mol. The van der Waals surface area contributed by atoms with Gasteiger partial charge in [0.1, 0.15) is 18.4 Å². The minimum absolute atomic E-state index is 0. The van der Waals surface area contributed by atoms with Gasteiger partial charge in [-0.1, -0.05) is 12.1 Å². The van der Waals surface area contributed by atoms with Gasteiger partial charge in [0.25, 0.3) is 0 Å². The van der Waals surface area contributed by atoms with Gasteiger partial charge in [-0.3, -0.25) is 0 Å². The number of nitriles is 1. The quantitative estimate of drug-likeness (QED) is 0.316. The maximum Gasteiger partial charge on any atom is 0.192 e. The van der Waals surface area contributed by atoms with Gasteiger partial charge in [0.2, 0.25) is 0 Å². The van der Waals surface area contributed by atoms with Crippen LogP contribution in [0.15, 0.2) is 29.3 Å². The Labute approximate surface area is 212 Å². The predicted octanol–water partition coefficient (Wildman–Crippen LogP) is 2.50. The molecule has 0 saturated carbocycles. The van der Waals surface area contributed by atoms with Crippen molar-refractivity contribution in [2.45, 2.75) is 51.3 Å². The Hall–Kier alpha value is -2.39. The standard InChI is InChI=1S/C23H32N8O.HI/c1-17-28-29-22(30(17)2)15-26-23(25-14-20-9-6-12-32-20)27-19-8-5-11-31(16-19)21-10-4-3-7-18(21)13-24;/h3-4,7,10,19-20H,5-6,8-9,11-12,14-16H2,1-2H3,(H2,25,26,27);1H. The molecule has 2 N–H and O–H groups in total. The van der Waals surface area contributed by atoms with E-state index in [9.17, 15) is 5.26 Å². The zero-order valence-corrected chi connectivity index (χ0v) is 21.7. The fourth-order valence-corrected chi connectivity index (χ4v) is 4.26. The number of halogens is 1. The molecule has 0 bridgehead atoms. The first-order chi connectivity index (χ1) is 15.6. The third kappa shape index (κ3) is 6.57. The third-order valence-electron chi connectivity index (χ3n) is 6.21. The van der Waals surface area contributed by atoms with Crippen molar-refractivity contribution >= 4 is 35.6 Å². The highest BCUT2D eigenvalue weighted by atomic mass is 127. The van der Waals surface area contributed by atoms with E-state index in [1.807, 2.05) is 42.8 Å². The van der Waals surface area contributed by atoms with Crippen LogP contribution in [-0.2, 0) is 18.3 Å². The summed E-state index contributed by atoms with van der Waals surface area (Å²) >= 11 is 0. The lowest BCUT2D eigenvalue weighted by molar-refractivity contribution is 0.113. The van der Waals surface area contributed by atoms with Crippen LogP contribution in [0, 0.1) is 18.3 Å². The second-order valence-corrected chi connectivity index (χ2v) is 8.46. The van der Waals surface area contributed by atoms with Crippen molar-refractivity contribution in [1.82, 2.24) is 25.4 Å². The summed E-state index contributed by atoms with van der Waals surface area (Å²) in [5, 5.41) is 24.9. The van der Waals surface area contributed by atoms with Crippen LogP contribution < -0.4 is 15.5 Å². The number of benzene rings is 1. The fraction of sp³-hybridized carbons (Fsp3) is 0.565. The number of aromatic nitrogens is 3. The molecule has 2 aliphatic heterocycles. The molecule has 2 fully saturated rings. The van der Waals surface area contributed by atoms with Crippen LogP contribution in [0.4, 0.5) is 5.69 Å². The van der Waals surface area contributed by atoms with Crippen LogP contribution >= 0.6 is 24.0 Å². The van der Waals surface area contributed by atoms with Crippen molar-refractivity contribution in [3.63, 3.8) is 0 Å². The Morgan fingerprint density at radius 1 is 1.27 bits per heavy atom. The van der Waals surface area contributed by atoms with Crippen molar-refractivity contribution in [3.8, 4) is 6.07 Å². The molecule has 0 spiro atoms. The molecule has 1 aromatic heterocycles. The number of piperidine rings is 1. The average Bonchev–Trinajstić information content (AvgIpc) is 3.46. The van der Waals surface area contributed by atoms with Crippen LogP contribution in [-0.4, -0.2) is 59.1 Å². The van der Waals surface area contributed by atoms with E-state index in [0.717, 1.165) is 80.8 Å². The first-order valence-electron chi connectivity index (χ1n) is 11.4. The number of guanidine groups is 1. The summed E-state index contributed by atoms with van der Waals surface area (Å²) in [6, 6.07) is 10.4. The van der Waals surface area contributed by atoms with Gasteiger partial charge in [0, 0.05) is 39.3 Å². The largest absolute Gasteiger partial charge is 0.376 e. The number of hydrogen-bond acceptors (Lipinski definition) is 6. The van der Waals surface area contributed by atoms with E-state index in [4.69, 9.17) is 9.73 Å². The van der Waals surface area contributed by atoms with Gasteiger partial charge in [-0.2, -0.15) is 5.26 Å². The Balaban J connectivity index is 0.00000306. The molecule has 178 valence electrons. The lowest BCUT2D eigenvalue weighted by Gasteiger charge is -2.36. The summed E-state index contributed by atoms with van der Waals surface area (Å²) in [7, 11) is 1.96. The number of para-hydroxylation sites is 1. The van der Waals surface area contributed by atoms with Crippen LogP contribution in [0.2, 0.25) is 0 Å². The molecule has 1 aromatic carbocycles. The highest BCUT2D eigenvalue weighted by Crippen LogP contribution is 2.23. The number of anilines is 1. The molecule has 2 atom stereocenters. The van der Waals surface area contributed by atoms with Crippen LogP contribution in [0.3, 0.4) is 0 Å². The predicted molar refractivity (Wildman–Crippen MR) is 139 cm³/mol. The van der Waals surface area contributed by atoms with Crippen LogP contribution in [0.25, 0.3) is 0 Å². The molecule has 0 radical (unpaired) electrons. The van der Waals surface area contributed by atoms with E-state index in [0.29, 0.717) is 6.54 Å². The zero-order valence-electron chi connectivity index (χ0n) is 19.3. The first kappa shape index (κ1) is 25.2. The number of nitrogens with zero attached hydrogens (tertiary/aromatic N) is 6. The molecule has 2 aromatic rings. The number of rotatable bonds is 6. The highest BCUT2D eigenvalue weighted by molar-refractivity contribution is 14.0. The van der Waals surface area contributed by atoms with Gasteiger partial charge < -0.3 is 24.8 Å². The highest BCUT2D eigenvalue weighted by Gasteiger charge is 2.23. The molecule has 4 rings (SSSR count). The minimum Gasteiger partial charge on any atom is -0.376 e. The Kier molecular flexibility index (Phi) is 9.31. The smallest absolute Gasteiger partial charge is 0.192 e. The van der Waals surface area contributed by atoms with E-state index < -0.39 is 0 Å². The van der Waals surface area contributed by atoms with Gasteiger partial charge >= 0.3 is 0 Å². The van der Waals surface area contributed by atoms with Crippen molar-refractivity contribution in [3.05, 3.63) is 41.5 Å². The molecule has 2 saturated heterocycles. The van der Waals surface area contributed by atoms with Gasteiger partial charge in [-0.25, -0.2) is 4.99 Å². The molecule has 2 aliphatic rings. The van der Waals surface area contributed by atoms with E-state index in [1.54, 1.807) is 0 Å². The van der Waals surface area contributed by atoms with E-state index >= 15 is 0 Å². The number of ether oxygens (including phenoxy) is 1. The second kappa shape index (κ2) is 12.2. The van der Waals surface area contributed by atoms with E-state index in [2.05, 4.69) is 31.8 Å². The molecular formula is C23H33IN8O. The lowest BCUT2D eigenvalue weighted by Crippen LogP contribution is -2.52. The number of aliphatic imine (C=N–C) groups is 1. The van der Waals surface area contributed by atoms with Gasteiger partial charge in [-0.15, -0.1) is 34.2 Å². The van der Waals surface area contributed by atoms with Crippen LogP contribution in [0.1, 0.15) is 42.9 Å². The molecule has 33 heavy (non-hydrogen) atoms. The molecule has 0 aliphatic carbocycles. The van der Waals surface area contributed by atoms with Crippen LogP contribution in [0.5, 0.6) is 0 Å². The maximum atomic E-state index is 9.49. The summed E-state index contributed by atoms with van der Waals surface area (Å²) in [4.78, 5) is 7.09. The van der Waals surface area contributed by atoms with Crippen molar-refractivity contribution in [2.75, 3.05) is 31.1 Å². The van der Waals surface area contributed by atoms with E-state index in [1.165, 1.54) is 0 Å². The van der Waals surface area contributed by atoms with Crippen molar-refractivity contribution in [1.29, 1.82) is 5.26 Å². The van der Waals surface area contributed by atoms with E-state index in [-0.39, 0.29) is 36.1 Å². The summed E-state index contributed by atoms with van der Waals surface area (Å²) in [6.45, 7) is 5.72. The SMILES string of the molecule is Cc1nnc(CN=C(NCC2CCCO2)NC2CCCN(c3ccccc3C#N)C2)n1C.I. The van der Waals surface area contributed by atoms with Crippen molar-refractivity contribution in [2.24, 2.45) is 12.0 Å². The van der Waals surface area contributed by atoms with Gasteiger partial charge in [-0.05, 0) is 44.7 Å². The Bertz CT molecular complexity index is 979. The normalized spacial score (nSPS) is 20.8. The fourth-order valence-electron chi connectivity index (χ4n) is 4.26. The number of nitrogens with one attached hydrogen (secondary N) is 2. The molecule has 2 unspecified atom stereocenters. The summed E-state index contributed by atoms with van der Waals surface area (Å²) in [5.74, 6) is 2.46. The summed E-state index contributed by atoms with van der Waals surface area (Å²) in [5.41, 5.74) is 1.72. The number of aryl methyl sites for hydroxylation is 1. The molecule has 10 heteroatoms. The third-order valence-corrected chi connectivity index (χ3v) is 6.21. The first-order valence-corrected chi connectivity index (χ1v) is 11.4. The number of hydrogen-bond donors (Lipinski definition) is 2. The van der Waals surface area contributed by atoms with Gasteiger partial charge in [0.15, 0.2) is 11.8 Å². The maximum absolute atomic E-state index is 9.49. The summed E-state index contributed by atoms with van der Waals surface area (Å²) < 4.78 is 7.73. The molecule has 9 nitrogen and oxygen atoms in total. The Morgan fingerprint density at radius 2 is 2.12 bits per heavy atom. The molecule has 3 heterocycles. The zero-order chi connectivity index (χ0) is 22.3. The monoisotopic (exact) mass is 564 g/mol. The molecule has 0 amide bonds. The topological polar surface area (TPSA) is 103 Å². The molecular weight excluding hydrogens is 531 g/mol. The second-order valence-electron chi connectivity index (χ2n) is 8.46. The minimum atomic E-state index is 0. The van der Waals surface area contributed by atoms with Gasteiger partial charge in [0.05, 0.1) is 17.4 Å².